The van der Waals surface area contributed by atoms with Crippen LogP contribution in [0.15, 0.2) is 66.7 Å². The van der Waals surface area contributed by atoms with Gasteiger partial charge in [0.15, 0.2) is 0 Å². The van der Waals surface area contributed by atoms with E-state index in [0.29, 0.717) is 38.9 Å². The van der Waals surface area contributed by atoms with Crippen molar-refractivity contribution in [2.75, 3.05) is 26.7 Å². The zero-order valence-electron chi connectivity index (χ0n) is 21.6. The first kappa shape index (κ1) is 27.3. The normalized spacial score (nSPS) is 16.8. The third-order valence-corrected chi connectivity index (χ3v) is 7.18. The minimum absolute atomic E-state index is 0.0885. The number of nitrogens with one attached hydrogen (secondary N) is 1. The van der Waals surface area contributed by atoms with E-state index in [9.17, 15) is 18.8 Å². The Balaban J connectivity index is 1.48. The van der Waals surface area contributed by atoms with Crippen molar-refractivity contribution >= 4 is 28.5 Å². The van der Waals surface area contributed by atoms with Gasteiger partial charge in [-0.1, -0.05) is 54.6 Å². The zero-order valence-corrected chi connectivity index (χ0v) is 21.6. The highest BCUT2D eigenvalue weighted by atomic mass is 19.1. The van der Waals surface area contributed by atoms with Crippen LogP contribution in [0.4, 0.5) is 4.39 Å². The first-order valence-electron chi connectivity index (χ1n) is 12.9. The first-order chi connectivity index (χ1) is 18.3. The van der Waals surface area contributed by atoms with E-state index in [0.717, 1.165) is 21.9 Å². The summed E-state index contributed by atoms with van der Waals surface area (Å²) in [6.45, 7) is 1.40. The maximum atomic E-state index is 13.2. The van der Waals surface area contributed by atoms with Gasteiger partial charge in [-0.3, -0.25) is 19.3 Å². The molecule has 1 aliphatic rings. The summed E-state index contributed by atoms with van der Waals surface area (Å²) in [5.74, 6) is -0.982. The average molecular weight is 518 g/mol. The Labute approximate surface area is 222 Å². The lowest BCUT2D eigenvalue weighted by Crippen LogP contribution is -2.60. The quantitative estimate of drug-likeness (QED) is 0.432. The summed E-state index contributed by atoms with van der Waals surface area (Å²) in [5.41, 5.74) is 7.32. The second-order valence-corrected chi connectivity index (χ2v) is 9.74. The topological polar surface area (TPSA) is 95.7 Å². The summed E-state index contributed by atoms with van der Waals surface area (Å²) < 4.78 is 13.2. The largest absolute Gasteiger partial charge is 0.370 e. The predicted molar refractivity (Wildman–Crippen MR) is 145 cm³/mol. The molecule has 8 heteroatoms. The Morgan fingerprint density at radius 2 is 1.74 bits per heavy atom. The van der Waals surface area contributed by atoms with Crippen LogP contribution in [0.3, 0.4) is 0 Å². The molecule has 199 valence electrons. The smallest absolute Gasteiger partial charge is 0.237 e. The van der Waals surface area contributed by atoms with Crippen molar-refractivity contribution in [3.8, 4) is 0 Å². The highest BCUT2D eigenvalue weighted by Crippen LogP contribution is 2.22. The van der Waals surface area contributed by atoms with Gasteiger partial charge in [0.1, 0.15) is 5.82 Å². The fraction of sp³-hybridized carbons (Fsp3) is 0.333. The van der Waals surface area contributed by atoms with Crippen molar-refractivity contribution < 1.29 is 18.8 Å². The van der Waals surface area contributed by atoms with Gasteiger partial charge in [0.2, 0.25) is 17.7 Å². The number of likely N-dealkylation sites (N-methyl/N-ethyl adjacent to an activating group) is 1. The van der Waals surface area contributed by atoms with Gasteiger partial charge in [0, 0.05) is 39.1 Å². The van der Waals surface area contributed by atoms with Gasteiger partial charge in [-0.25, -0.2) is 4.39 Å². The minimum Gasteiger partial charge on any atom is -0.370 e. The Morgan fingerprint density at radius 1 is 1.03 bits per heavy atom. The van der Waals surface area contributed by atoms with Crippen molar-refractivity contribution in [3.05, 3.63) is 90.1 Å². The van der Waals surface area contributed by atoms with E-state index < -0.39 is 11.9 Å². The van der Waals surface area contributed by atoms with Crippen LogP contribution in [0.25, 0.3) is 10.8 Å². The number of piperazine rings is 1. The van der Waals surface area contributed by atoms with Gasteiger partial charge in [-0.2, -0.15) is 0 Å². The first-order valence-corrected chi connectivity index (χ1v) is 12.9. The maximum absolute atomic E-state index is 13.2. The number of rotatable bonds is 10. The fourth-order valence-electron chi connectivity index (χ4n) is 5.09. The number of amides is 3. The number of halogens is 1. The third kappa shape index (κ3) is 6.95. The number of nitrogens with zero attached hydrogens (tertiary/aromatic N) is 2. The molecule has 4 rings (SSSR count). The van der Waals surface area contributed by atoms with Gasteiger partial charge in [0.05, 0.1) is 12.5 Å². The lowest BCUT2D eigenvalue weighted by molar-refractivity contribution is -0.136. The molecular weight excluding hydrogens is 483 g/mol. The predicted octanol–water partition coefficient (Wildman–Crippen LogP) is 2.86. The summed E-state index contributed by atoms with van der Waals surface area (Å²) in [5, 5.41) is 5.05. The Kier molecular flexibility index (Phi) is 9.07. The molecular formula is C30H34FN4O3. The lowest BCUT2D eigenvalue weighted by atomic mass is 9.97. The highest BCUT2D eigenvalue weighted by molar-refractivity contribution is 5.86. The van der Waals surface area contributed by atoms with Gasteiger partial charge in [0.25, 0.3) is 0 Å². The van der Waals surface area contributed by atoms with Crippen LogP contribution in [0.5, 0.6) is 0 Å². The molecule has 1 heterocycles. The van der Waals surface area contributed by atoms with Crippen molar-refractivity contribution in [3.63, 3.8) is 0 Å². The molecule has 2 unspecified atom stereocenters. The molecule has 0 bridgehead atoms. The van der Waals surface area contributed by atoms with Crippen molar-refractivity contribution in [2.45, 2.75) is 37.8 Å². The molecule has 1 radical (unpaired) electrons. The molecule has 3 amide bonds. The number of carbonyl (C=O) groups excluding carboxylic acids is 3. The summed E-state index contributed by atoms with van der Waals surface area (Å²) in [4.78, 5) is 41.6. The van der Waals surface area contributed by atoms with E-state index in [4.69, 9.17) is 5.73 Å². The molecule has 1 saturated heterocycles. The van der Waals surface area contributed by atoms with Crippen LogP contribution in [-0.4, -0.2) is 66.3 Å². The molecule has 38 heavy (non-hydrogen) atoms. The molecule has 0 aliphatic carbocycles. The molecule has 2 atom stereocenters. The van der Waals surface area contributed by atoms with Gasteiger partial charge in [-0.15, -0.1) is 0 Å². The summed E-state index contributed by atoms with van der Waals surface area (Å²) >= 11 is 0. The molecule has 1 fully saturated rings. The highest BCUT2D eigenvalue weighted by Gasteiger charge is 2.35. The van der Waals surface area contributed by atoms with E-state index in [1.54, 1.807) is 30.5 Å². The molecule has 0 spiro atoms. The average Bonchev–Trinajstić information content (AvgIpc) is 2.93. The van der Waals surface area contributed by atoms with Crippen LogP contribution in [-0.2, 0) is 27.2 Å². The number of hydrogen-bond acceptors (Lipinski definition) is 4. The summed E-state index contributed by atoms with van der Waals surface area (Å²) in [6, 6.07) is 19.7. The number of nitrogens with two attached hydrogens (primary N) is 1. The second-order valence-electron chi connectivity index (χ2n) is 9.74. The summed E-state index contributed by atoms with van der Waals surface area (Å²) in [6.07, 6.45) is 3.06. The van der Waals surface area contributed by atoms with Crippen LogP contribution < -0.4 is 11.1 Å². The van der Waals surface area contributed by atoms with Crippen LogP contribution >= 0.6 is 0 Å². The van der Waals surface area contributed by atoms with Crippen LogP contribution in [0.1, 0.15) is 24.0 Å². The van der Waals surface area contributed by atoms with Gasteiger partial charge < -0.3 is 16.0 Å². The van der Waals surface area contributed by atoms with E-state index in [1.807, 2.05) is 18.2 Å². The number of primary amides is 1. The third-order valence-electron chi connectivity index (χ3n) is 7.18. The van der Waals surface area contributed by atoms with E-state index >= 15 is 0 Å². The van der Waals surface area contributed by atoms with E-state index in [-0.39, 0.29) is 30.1 Å². The Morgan fingerprint density at radius 3 is 2.45 bits per heavy atom. The number of carbonyl (C=O) groups is 3. The number of hydrogen-bond donors (Lipinski definition) is 2. The van der Waals surface area contributed by atoms with E-state index in [1.165, 1.54) is 12.1 Å². The Bertz CT molecular complexity index is 1280. The maximum Gasteiger partial charge on any atom is 0.237 e. The monoisotopic (exact) mass is 517 g/mol. The second kappa shape index (κ2) is 12.6. The van der Waals surface area contributed by atoms with Crippen LogP contribution in [0, 0.1) is 12.2 Å². The molecule has 3 aromatic carbocycles. The van der Waals surface area contributed by atoms with Crippen LogP contribution in [0.2, 0.25) is 0 Å². The molecule has 3 aromatic rings. The molecule has 3 N–H and O–H groups in total. The molecule has 0 aromatic heterocycles. The summed E-state index contributed by atoms with van der Waals surface area (Å²) in [7, 11) is 1.63. The van der Waals surface area contributed by atoms with Gasteiger partial charge >= 0.3 is 0 Å². The SMILES string of the molecule is CNC(=O)C(Cc1ccc2ccccc2c1)N1CCN(C(=O)[CH]Cc2ccc(F)cc2)C(CCC(N)=O)C1. The van der Waals surface area contributed by atoms with Crippen molar-refractivity contribution in [1.82, 2.24) is 15.1 Å². The standard InChI is InChI=1S/C30H34FN4O3/c1-33-30(38)27(19-22-6-10-23-4-2-3-5-24(23)18-22)34-16-17-35(26(20-34)13-14-28(32)36)29(37)15-9-21-7-11-25(31)12-8-21/h2-8,10-12,15,18,26-27H,9,13-14,16-17,19-20H2,1H3,(H2,32,36)(H,33,38). The minimum atomic E-state index is -0.427. The van der Waals surface area contributed by atoms with Crippen molar-refractivity contribution in [1.29, 1.82) is 0 Å². The fourth-order valence-corrected chi connectivity index (χ4v) is 5.09. The van der Waals surface area contributed by atoms with Gasteiger partial charge in [-0.05, 0) is 53.3 Å². The van der Waals surface area contributed by atoms with Crippen molar-refractivity contribution in [2.24, 2.45) is 5.73 Å². The number of fused-ring (bicyclic) bond motifs is 1. The van der Waals surface area contributed by atoms with E-state index in [2.05, 4.69) is 34.5 Å². The molecule has 0 saturated carbocycles. The molecule has 7 nitrogen and oxygen atoms in total. The lowest BCUT2D eigenvalue weighted by Gasteiger charge is -2.44. The Hall–Kier alpha value is -3.78. The zero-order chi connectivity index (χ0) is 27.1. The molecule has 1 aliphatic heterocycles. The number of benzene rings is 3.